The molecule has 0 saturated heterocycles. The van der Waals surface area contributed by atoms with Gasteiger partial charge in [0.25, 0.3) is 5.91 Å². The lowest BCUT2D eigenvalue weighted by atomic mass is 10.0. The van der Waals surface area contributed by atoms with Crippen molar-refractivity contribution in [1.82, 2.24) is 5.32 Å². The van der Waals surface area contributed by atoms with Crippen molar-refractivity contribution in [2.75, 3.05) is 20.8 Å². The first kappa shape index (κ1) is 16.8. The summed E-state index contributed by atoms with van der Waals surface area (Å²) >= 11 is 3.35. The van der Waals surface area contributed by atoms with Crippen LogP contribution in [0.4, 0.5) is 0 Å². The van der Waals surface area contributed by atoms with Crippen LogP contribution >= 0.6 is 15.9 Å². The van der Waals surface area contributed by atoms with E-state index in [-0.39, 0.29) is 24.5 Å². The quantitative estimate of drug-likeness (QED) is 0.829. The molecule has 1 amide bonds. The Kier molecular flexibility index (Phi) is 6.29. The third kappa shape index (κ3) is 3.86. The van der Waals surface area contributed by atoms with Crippen molar-refractivity contribution in [3.8, 4) is 11.5 Å². The predicted octanol–water partition coefficient (Wildman–Crippen LogP) is 2.21. The normalized spacial score (nSPS) is 12.2. The first-order valence-electron chi connectivity index (χ1n) is 6.27. The van der Waals surface area contributed by atoms with Gasteiger partial charge in [0.05, 0.1) is 36.9 Å². The van der Waals surface area contributed by atoms with Gasteiger partial charge >= 0.3 is 0 Å². The van der Waals surface area contributed by atoms with E-state index in [2.05, 4.69) is 21.2 Å². The highest BCUT2D eigenvalue weighted by molar-refractivity contribution is 9.10. The first-order chi connectivity index (χ1) is 9.44. The topological polar surface area (TPSA) is 67.8 Å². The van der Waals surface area contributed by atoms with Crippen LogP contribution in [-0.4, -0.2) is 37.9 Å². The van der Waals surface area contributed by atoms with Crippen LogP contribution in [0.5, 0.6) is 11.5 Å². The van der Waals surface area contributed by atoms with Gasteiger partial charge in [-0.3, -0.25) is 4.79 Å². The summed E-state index contributed by atoms with van der Waals surface area (Å²) in [6, 6.07) is 3.02. The zero-order valence-corrected chi connectivity index (χ0v) is 13.7. The summed E-state index contributed by atoms with van der Waals surface area (Å²) in [5, 5.41) is 12.1. The van der Waals surface area contributed by atoms with Crippen molar-refractivity contribution >= 4 is 21.8 Å². The molecule has 1 aromatic rings. The number of nitrogens with one attached hydrogen (secondary N) is 1. The highest BCUT2D eigenvalue weighted by atomic mass is 79.9. The summed E-state index contributed by atoms with van der Waals surface area (Å²) in [5.74, 6) is 0.801. The van der Waals surface area contributed by atoms with Crippen LogP contribution in [0.1, 0.15) is 24.2 Å². The molecule has 5 nitrogen and oxygen atoms in total. The average molecular weight is 346 g/mol. The highest BCUT2D eigenvalue weighted by Crippen LogP contribution is 2.33. The second kappa shape index (κ2) is 7.50. The number of aliphatic hydroxyl groups excluding tert-OH is 1. The molecule has 0 fully saturated rings. The number of rotatable bonds is 6. The second-order valence-electron chi connectivity index (χ2n) is 4.70. The molecule has 112 valence electrons. The highest BCUT2D eigenvalue weighted by Gasteiger charge is 2.21. The Labute approximate surface area is 127 Å². The number of methoxy groups -OCH3 is 2. The van der Waals surface area contributed by atoms with Crippen LogP contribution < -0.4 is 14.8 Å². The molecule has 0 aliphatic heterocycles. The van der Waals surface area contributed by atoms with E-state index in [9.17, 15) is 9.90 Å². The summed E-state index contributed by atoms with van der Waals surface area (Å²) in [6.07, 6.45) is 0. The van der Waals surface area contributed by atoms with E-state index < -0.39 is 0 Å². The molecular formula is C14H20BrNO4. The Morgan fingerprint density at radius 3 is 2.45 bits per heavy atom. The van der Waals surface area contributed by atoms with Gasteiger partial charge in [0, 0.05) is 0 Å². The predicted molar refractivity (Wildman–Crippen MR) is 80.4 cm³/mol. The maximum Gasteiger partial charge on any atom is 0.255 e. The van der Waals surface area contributed by atoms with Crippen LogP contribution in [0.25, 0.3) is 0 Å². The Morgan fingerprint density at radius 2 is 2.00 bits per heavy atom. The molecule has 0 radical (unpaired) electrons. The molecule has 1 aromatic carbocycles. The van der Waals surface area contributed by atoms with Crippen molar-refractivity contribution in [3.63, 3.8) is 0 Å². The minimum Gasteiger partial charge on any atom is -0.497 e. The maximum atomic E-state index is 12.3. The molecule has 0 heterocycles. The van der Waals surface area contributed by atoms with Crippen LogP contribution in [0.3, 0.4) is 0 Å². The standard InChI is InChI=1S/C14H20BrNO4/c1-8(2)12(7-17)16-14(18)10-5-9(19-3)6-11(15)13(10)20-4/h5-6,8,12,17H,7H2,1-4H3,(H,16,18)/t12-/m1/s1. The minimum absolute atomic E-state index is 0.114. The largest absolute Gasteiger partial charge is 0.497 e. The lowest BCUT2D eigenvalue weighted by molar-refractivity contribution is 0.0893. The first-order valence-corrected chi connectivity index (χ1v) is 7.07. The molecule has 0 unspecified atom stereocenters. The summed E-state index contributed by atoms with van der Waals surface area (Å²) in [7, 11) is 3.02. The molecule has 0 bridgehead atoms. The van der Waals surface area contributed by atoms with E-state index in [1.807, 2.05) is 13.8 Å². The molecule has 0 spiro atoms. The lowest BCUT2D eigenvalue weighted by Gasteiger charge is -2.21. The van der Waals surface area contributed by atoms with E-state index in [0.717, 1.165) is 0 Å². The Bertz CT molecular complexity index is 476. The van der Waals surface area contributed by atoms with E-state index >= 15 is 0 Å². The Hall–Kier alpha value is -1.27. The van der Waals surface area contributed by atoms with Gasteiger partial charge < -0.3 is 19.9 Å². The lowest BCUT2D eigenvalue weighted by Crippen LogP contribution is -2.41. The van der Waals surface area contributed by atoms with Gasteiger partial charge in [0.2, 0.25) is 0 Å². The van der Waals surface area contributed by atoms with Gasteiger partial charge in [-0.2, -0.15) is 0 Å². The van der Waals surface area contributed by atoms with Crippen molar-refractivity contribution in [2.45, 2.75) is 19.9 Å². The number of hydrogen-bond donors (Lipinski definition) is 2. The van der Waals surface area contributed by atoms with Crippen molar-refractivity contribution in [3.05, 3.63) is 22.2 Å². The van der Waals surface area contributed by atoms with E-state index in [1.165, 1.54) is 14.2 Å². The van der Waals surface area contributed by atoms with Gasteiger partial charge in [-0.05, 0) is 34.0 Å². The molecule has 20 heavy (non-hydrogen) atoms. The molecule has 6 heteroatoms. The van der Waals surface area contributed by atoms with Crippen LogP contribution in [0.2, 0.25) is 0 Å². The summed E-state index contributed by atoms with van der Waals surface area (Å²) in [4.78, 5) is 12.3. The third-order valence-electron chi connectivity index (χ3n) is 3.02. The number of carbonyl (C=O) groups excluding carboxylic acids is 1. The summed E-state index contributed by atoms with van der Waals surface area (Å²) in [5.41, 5.74) is 0.359. The Morgan fingerprint density at radius 1 is 1.35 bits per heavy atom. The summed E-state index contributed by atoms with van der Waals surface area (Å²) < 4.78 is 11.0. The van der Waals surface area contributed by atoms with Crippen LogP contribution in [0, 0.1) is 5.92 Å². The number of ether oxygens (including phenoxy) is 2. The molecule has 0 aliphatic rings. The number of aliphatic hydroxyl groups is 1. The minimum atomic E-state index is -0.311. The van der Waals surface area contributed by atoms with Gasteiger partial charge in [-0.1, -0.05) is 13.8 Å². The molecular weight excluding hydrogens is 326 g/mol. The SMILES string of the molecule is COc1cc(Br)c(OC)c(C(=O)N[C@H](CO)C(C)C)c1. The number of carbonyl (C=O) groups is 1. The fourth-order valence-electron chi connectivity index (χ4n) is 1.73. The Balaban J connectivity index is 3.10. The molecule has 1 rings (SSSR count). The monoisotopic (exact) mass is 345 g/mol. The number of hydrogen-bond acceptors (Lipinski definition) is 4. The zero-order chi connectivity index (χ0) is 15.3. The average Bonchev–Trinajstić information content (AvgIpc) is 2.42. The van der Waals surface area contributed by atoms with Crippen LogP contribution in [-0.2, 0) is 0 Å². The van der Waals surface area contributed by atoms with Crippen molar-refractivity contribution in [1.29, 1.82) is 0 Å². The van der Waals surface area contributed by atoms with Crippen LogP contribution in [0.15, 0.2) is 16.6 Å². The van der Waals surface area contributed by atoms with Gasteiger partial charge in [-0.15, -0.1) is 0 Å². The zero-order valence-electron chi connectivity index (χ0n) is 12.1. The van der Waals surface area contributed by atoms with Crippen molar-refractivity contribution < 1.29 is 19.4 Å². The van der Waals surface area contributed by atoms with E-state index in [4.69, 9.17) is 9.47 Å². The molecule has 0 saturated carbocycles. The maximum absolute atomic E-state index is 12.3. The number of benzene rings is 1. The fourth-order valence-corrected chi connectivity index (χ4v) is 2.33. The second-order valence-corrected chi connectivity index (χ2v) is 5.55. The van der Waals surface area contributed by atoms with Crippen molar-refractivity contribution in [2.24, 2.45) is 5.92 Å². The van der Waals surface area contributed by atoms with Gasteiger partial charge in [-0.25, -0.2) is 0 Å². The smallest absolute Gasteiger partial charge is 0.255 e. The molecule has 2 N–H and O–H groups in total. The number of halogens is 1. The van der Waals surface area contributed by atoms with Gasteiger partial charge in [0.15, 0.2) is 0 Å². The number of amides is 1. The van der Waals surface area contributed by atoms with E-state index in [1.54, 1.807) is 12.1 Å². The van der Waals surface area contributed by atoms with Gasteiger partial charge in [0.1, 0.15) is 11.5 Å². The van der Waals surface area contributed by atoms with E-state index in [0.29, 0.717) is 21.5 Å². The molecule has 0 aliphatic carbocycles. The fraction of sp³-hybridized carbons (Fsp3) is 0.500. The third-order valence-corrected chi connectivity index (χ3v) is 3.61. The molecule has 1 atom stereocenters. The summed E-state index contributed by atoms with van der Waals surface area (Å²) in [6.45, 7) is 3.75. The molecule has 0 aromatic heterocycles.